The number of anilines is 1. The molecule has 8 nitrogen and oxygen atoms in total. The Kier molecular flexibility index (Phi) is 5.57. The monoisotopic (exact) mass is 355 g/mol. The second-order valence-corrected chi connectivity index (χ2v) is 6.62. The summed E-state index contributed by atoms with van der Waals surface area (Å²) in [6, 6.07) is -0.126. The van der Waals surface area contributed by atoms with Gasteiger partial charge >= 0.3 is 6.03 Å². The molecular formula is C15H22ClN5O3. The predicted octanol–water partition coefficient (Wildman–Crippen LogP) is 0.728. The van der Waals surface area contributed by atoms with Crippen LogP contribution < -0.4 is 21.1 Å². The molecule has 1 atom stereocenters. The number of urea groups is 1. The summed E-state index contributed by atoms with van der Waals surface area (Å²) in [5.74, 6) is 0.491. The van der Waals surface area contributed by atoms with Crippen molar-refractivity contribution in [3.63, 3.8) is 0 Å². The summed E-state index contributed by atoms with van der Waals surface area (Å²) < 4.78 is 5.31. The first kappa shape index (κ1) is 17.0. The number of amides is 2. The normalized spacial score (nSPS) is 21.7. The highest BCUT2D eigenvalue weighted by atomic mass is 35.5. The molecule has 0 bridgehead atoms. The molecule has 3 rings (SSSR count). The van der Waals surface area contributed by atoms with Crippen LogP contribution in [-0.2, 0) is 4.74 Å². The number of hydrogen-bond acceptors (Lipinski definition) is 5. The maximum atomic E-state index is 12.0. The molecule has 3 heterocycles. The molecule has 2 saturated heterocycles. The molecular weight excluding hydrogens is 334 g/mol. The van der Waals surface area contributed by atoms with Crippen LogP contribution in [0, 0.1) is 5.92 Å². The summed E-state index contributed by atoms with van der Waals surface area (Å²) in [4.78, 5) is 25.5. The fourth-order valence-corrected chi connectivity index (χ4v) is 3.33. The highest BCUT2D eigenvalue weighted by Crippen LogP contribution is 2.24. The molecule has 0 spiro atoms. The number of nitrogens with one attached hydrogen (secondary N) is 3. The molecule has 2 fully saturated rings. The van der Waals surface area contributed by atoms with Crippen LogP contribution in [0.3, 0.4) is 0 Å². The zero-order valence-electron chi connectivity index (χ0n) is 13.4. The maximum absolute atomic E-state index is 12.0. The molecule has 2 amide bonds. The lowest BCUT2D eigenvalue weighted by Crippen LogP contribution is -2.45. The lowest BCUT2D eigenvalue weighted by molar-refractivity contribution is 0.0669. The van der Waals surface area contributed by atoms with Crippen LogP contribution in [0.25, 0.3) is 0 Å². The Hall–Kier alpha value is -1.80. The number of nitrogens with zero attached hydrogens (tertiary/aromatic N) is 2. The summed E-state index contributed by atoms with van der Waals surface area (Å²) in [6.07, 6.45) is 4.32. The molecule has 132 valence electrons. The van der Waals surface area contributed by atoms with Gasteiger partial charge in [-0.2, -0.15) is 5.10 Å². The van der Waals surface area contributed by atoms with Crippen LogP contribution in [0.4, 0.5) is 10.5 Å². The number of aromatic amines is 1. The average molecular weight is 356 g/mol. The van der Waals surface area contributed by atoms with Gasteiger partial charge in [0.25, 0.3) is 5.56 Å². The van der Waals surface area contributed by atoms with Gasteiger partial charge in [-0.3, -0.25) is 4.79 Å². The van der Waals surface area contributed by atoms with Crippen LogP contribution in [0.5, 0.6) is 0 Å². The second kappa shape index (κ2) is 7.85. The van der Waals surface area contributed by atoms with Gasteiger partial charge in [0.2, 0.25) is 0 Å². The molecule has 1 aromatic rings. The third-order valence-electron chi connectivity index (χ3n) is 4.53. The van der Waals surface area contributed by atoms with Gasteiger partial charge in [0.05, 0.1) is 11.9 Å². The van der Waals surface area contributed by atoms with Crippen molar-refractivity contribution >= 4 is 23.3 Å². The Balaban J connectivity index is 1.46. The third-order valence-corrected chi connectivity index (χ3v) is 4.90. The minimum atomic E-state index is -0.403. The minimum Gasteiger partial charge on any atom is -0.381 e. The van der Waals surface area contributed by atoms with Crippen molar-refractivity contribution in [3.8, 4) is 0 Å². The minimum absolute atomic E-state index is 0.0232. The van der Waals surface area contributed by atoms with Crippen LogP contribution in [0.2, 0.25) is 5.02 Å². The van der Waals surface area contributed by atoms with Gasteiger partial charge < -0.3 is 20.3 Å². The Labute approximate surface area is 144 Å². The summed E-state index contributed by atoms with van der Waals surface area (Å²) in [5.41, 5.74) is 0.201. The number of carbonyl (C=O) groups excluding carboxylic acids is 1. The van der Waals surface area contributed by atoms with Crippen molar-refractivity contribution in [2.24, 2.45) is 5.92 Å². The van der Waals surface area contributed by atoms with E-state index in [1.54, 1.807) is 0 Å². The zero-order chi connectivity index (χ0) is 16.9. The van der Waals surface area contributed by atoms with Gasteiger partial charge in [-0.1, -0.05) is 11.6 Å². The molecule has 3 N–H and O–H groups in total. The van der Waals surface area contributed by atoms with E-state index in [-0.39, 0.29) is 17.1 Å². The fraction of sp³-hybridized carbons (Fsp3) is 0.667. The first-order chi connectivity index (χ1) is 11.6. The molecule has 24 heavy (non-hydrogen) atoms. The zero-order valence-corrected chi connectivity index (χ0v) is 14.1. The smallest absolute Gasteiger partial charge is 0.315 e. The lowest BCUT2D eigenvalue weighted by atomic mass is 10.0. The largest absolute Gasteiger partial charge is 0.381 e. The average Bonchev–Trinajstić information content (AvgIpc) is 3.04. The number of rotatable bonds is 4. The van der Waals surface area contributed by atoms with Gasteiger partial charge in [0.1, 0.15) is 5.02 Å². The van der Waals surface area contributed by atoms with Crippen molar-refractivity contribution in [2.45, 2.75) is 25.3 Å². The second-order valence-electron chi connectivity index (χ2n) is 6.24. The fourth-order valence-electron chi connectivity index (χ4n) is 3.12. The summed E-state index contributed by atoms with van der Waals surface area (Å²) in [7, 11) is 0. The highest BCUT2D eigenvalue weighted by molar-refractivity contribution is 6.33. The highest BCUT2D eigenvalue weighted by Gasteiger charge is 2.26. The van der Waals surface area contributed by atoms with Gasteiger partial charge in [-0.15, -0.1) is 0 Å². The topological polar surface area (TPSA) is 99.3 Å². The van der Waals surface area contributed by atoms with Crippen molar-refractivity contribution in [3.05, 3.63) is 21.6 Å². The van der Waals surface area contributed by atoms with E-state index in [1.165, 1.54) is 6.20 Å². The van der Waals surface area contributed by atoms with E-state index in [0.29, 0.717) is 24.7 Å². The number of ether oxygens (including phenoxy) is 1. The Morgan fingerprint density at radius 1 is 1.42 bits per heavy atom. The third kappa shape index (κ3) is 4.18. The van der Waals surface area contributed by atoms with Gasteiger partial charge in [-0.25, -0.2) is 9.89 Å². The Morgan fingerprint density at radius 2 is 2.21 bits per heavy atom. The summed E-state index contributed by atoms with van der Waals surface area (Å²) in [6.45, 7) is 3.55. The van der Waals surface area contributed by atoms with E-state index in [2.05, 4.69) is 20.8 Å². The number of H-pyrrole nitrogens is 1. The first-order valence-corrected chi connectivity index (χ1v) is 8.61. The van der Waals surface area contributed by atoms with Crippen molar-refractivity contribution in [1.29, 1.82) is 0 Å². The molecule has 1 unspecified atom stereocenters. The SMILES string of the molecule is O=C(NCC1CCOCC1)NC1CCN(c2cn[nH]c(=O)c2Cl)C1. The number of aromatic nitrogens is 2. The van der Waals surface area contributed by atoms with Crippen molar-refractivity contribution < 1.29 is 9.53 Å². The molecule has 1 aromatic heterocycles. The number of carbonyl (C=O) groups is 1. The van der Waals surface area contributed by atoms with Gasteiger partial charge in [-0.05, 0) is 25.2 Å². The predicted molar refractivity (Wildman–Crippen MR) is 90.6 cm³/mol. The van der Waals surface area contributed by atoms with Crippen LogP contribution >= 0.6 is 11.6 Å². The molecule has 2 aliphatic rings. The van der Waals surface area contributed by atoms with E-state index in [9.17, 15) is 9.59 Å². The van der Waals surface area contributed by atoms with E-state index in [1.807, 2.05) is 4.90 Å². The quantitative estimate of drug-likeness (QED) is 0.739. The standard InChI is InChI=1S/C15H22ClN5O3/c16-13-12(8-18-20-14(13)22)21-4-1-11(9-21)19-15(23)17-7-10-2-5-24-6-3-10/h8,10-11H,1-7,9H2,(H,20,22)(H2,17,19,23). The van der Waals surface area contributed by atoms with E-state index in [4.69, 9.17) is 16.3 Å². The molecule has 0 aromatic carbocycles. The molecule has 0 aliphatic carbocycles. The molecule has 9 heteroatoms. The maximum Gasteiger partial charge on any atom is 0.315 e. The van der Waals surface area contributed by atoms with Crippen LogP contribution in [0.1, 0.15) is 19.3 Å². The molecule has 2 aliphatic heterocycles. The lowest BCUT2D eigenvalue weighted by Gasteiger charge is -2.23. The van der Waals surface area contributed by atoms with Crippen LogP contribution in [0.15, 0.2) is 11.0 Å². The van der Waals surface area contributed by atoms with E-state index in [0.717, 1.165) is 39.0 Å². The Morgan fingerprint density at radius 3 is 3.00 bits per heavy atom. The molecule has 0 radical (unpaired) electrons. The Bertz CT molecular complexity index is 632. The van der Waals surface area contributed by atoms with Crippen molar-refractivity contribution in [2.75, 3.05) is 37.7 Å². The first-order valence-electron chi connectivity index (χ1n) is 8.23. The summed E-state index contributed by atoms with van der Waals surface area (Å²) >= 11 is 6.03. The van der Waals surface area contributed by atoms with Crippen LogP contribution in [-0.4, -0.2) is 55.1 Å². The van der Waals surface area contributed by atoms with Crippen molar-refractivity contribution in [1.82, 2.24) is 20.8 Å². The summed E-state index contributed by atoms with van der Waals surface area (Å²) in [5, 5.41) is 12.1. The van der Waals surface area contributed by atoms with E-state index < -0.39 is 5.56 Å². The number of hydrogen-bond donors (Lipinski definition) is 3. The van der Waals surface area contributed by atoms with Gasteiger partial charge in [0, 0.05) is 38.9 Å². The van der Waals surface area contributed by atoms with Gasteiger partial charge in [0.15, 0.2) is 0 Å². The number of halogens is 1. The molecule has 0 saturated carbocycles. The van der Waals surface area contributed by atoms with E-state index >= 15 is 0 Å².